The second-order valence-electron chi connectivity index (χ2n) is 1.95. The Morgan fingerprint density at radius 1 is 1.27 bits per heavy atom. The number of nitrogens with zero attached hydrogens (tertiary/aromatic N) is 3. The molecule has 2 rings (SSSR count). The third kappa shape index (κ3) is 1.34. The van der Waals surface area contributed by atoms with Crippen molar-refractivity contribution in [3.05, 3.63) is 28.6 Å². The van der Waals surface area contributed by atoms with E-state index in [0.29, 0.717) is 0 Å². The predicted octanol–water partition coefficient (Wildman–Crippen LogP) is 2.09. The molecule has 0 atom stereocenters. The Morgan fingerprint density at radius 3 is 2.55 bits per heavy atom. The van der Waals surface area contributed by atoms with Gasteiger partial charge in [-0.1, -0.05) is 0 Å². The molecule has 0 bridgehead atoms. The minimum absolute atomic E-state index is 1.11. The van der Waals surface area contributed by atoms with E-state index in [1.807, 2.05) is 16.7 Å². The first-order chi connectivity index (χ1) is 5.36. The van der Waals surface area contributed by atoms with Crippen LogP contribution in [0.3, 0.4) is 0 Å². The van der Waals surface area contributed by atoms with Crippen molar-refractivity contribution in [1.29, 1.82) is 0 Å². The molecular weight excluding hydrogens is 226 g/mol. The van der Waals surface area contributed by atoms with Gasteiger partial charge in [-0.2, -0.15) is 0 Å². The zero-order valence-corrected chi connectivity index (χ0v) is 7.84. The standard InChI is InChI=1S/C6H4BrN3S/c7-5-1-2-6(11-5)10-3-8-9-4-10/h1-4H. The summed E-state index contributed by atoms with van der Waals surface area (Å²) in [5.74, 6) is 0. The number of thiophene rings is 1. The van der Waals surface area contributed by atoms with Crippen LogP contribution in [0, 0.1) is 0 Å². The molecule has 3 nitrogen and oxygen atoms in total. The van der Waals surface area contributed by atoms with E-state index in [2.05, 4.69) is 26.1 Å². The normalized spacial score (nSPS) is 10.3. The van der Waals surface area contributed by atoms with E-state index in [1.165, 1.54) is 0 Å². The SMILES string of the molecule is Brc1ccc(-n2cnnc2)s1. The molecule has 56 valence electrons. The summed E-state index contributed by atoms with van der Waals surface area (Å²) in [6, 6.07) is 4.01. The van der Waals surface area contributed by atoms with Gasteiger partial charge in [0.05, 0.1) is 3.79 Å². The third-order valence-electron chi connectivity index (χ3n) is 1.23. The van der Waals surface area contributed by atoms with Gasteiger partial charge in [0.25, 0.3) is 0 Å². The lowest BCUT2D eigenvalue weighted by Crippen LogP contribution is -1.82. The molecule has 0 amide bonds. The summed E-state index contributed by atoms with van der Waals surface area (Å²) < 4.78 is 2.98. The molecule has 0 N–H and O–H groups in total. The van der Waals surface area contributed by atoms with E-state index in [-0.39, 0.29) is 0 Å². The molecule has 2 aromatic heterocycles. The van der Waals surface area contributed by atoms with E-state index in [9.17, 15) is 0 Å². The Bertz CT molecular complexity index is 340. The van der Waals surface area contributed by atoms with Crippen molar-refractivity contribution in [1.82, 2.24) is 14.8 Å². The van der Waals surface area contributed by atoms with Crippen LogP contribution in [0.25, 0.3) is 5.00 Å². The number of halogens is 1. The molecule has 0 fully saturated rings. The fourth-order valence-corrected chi connectivity index (χ4v) is 2.06. The molecule has 0 saturated carbocycles. The van der Waals surface area contributed by atoms with Gasteiger partial charge in [0.2, 0.25) is 0 Å². The summed E-state index contributed by atoms with van der Waals surface area (Å²) in [6.45, 7) is 0. The van der Waals surface area contributed by atoms with Crippen molar-refractivity contribution >= 4 is 27.3 Å². The molecule has 11 heavy (non-hydrogen) atoms. The molecule has 0 radical (unpaired) electrons. The predicted molar refractivity (Wildman–Crippen MR) is 46.9 cm³/mol. The maximum atomic E-state index is 3.71. The highest BCUT2D eigenvalue weighted by molar-refractivity contribution is 9.11. The van der Waals surface area contributed by atoms with E-state index in [4.69, 9.17) is 0 Å². The quantitative estimate of drug-likeness (QED) is 0.750. The van der Waals surface area contributed by atoms with Crippen molar-refractivity contribution in [3.8, 4) is 5.00 Å². The lowest BCUT2D eigenvalue weighted by atomic mass is 10.6. The summed E-state index contributed by atoms with van der Waals surface area (Å²) in [5, 5.41) is 8.54. The van der Waals surface area contributed by atoms with Crippen molar-refractivity contribution in [2.24, 2.45) is 0 Å². The Labute approximate surface area is 75.8 Å². The first kappa shape index (κ1) is 7.00. The minimum Gasteiger partial charge on any atom is -0.279 e. The van der Waals surface area contributed by atoms with Crippen LogP contribution in [0.2, 0.25) is 0 Å². The van der Waals surface area contributed by atoms with Crippen LogP contribution >= 0.6 is 27.3 Å². The topological polar surface area (TPSA) is 30.7 Å². The largest absolute Gasteiger partial charge is 0.279 e. The first-order valence-corrected chi connectivity index (χ1v) is 4.57. The molecule has 2 aromatic rings. The summed E-state index contributed by atoms with van der Waals surface area (Å²) in [7, 11) is 0. The highest BCUT2D eigenvalue weighted by Crippen LogP contribution is 2.24. The van der Waals surface area contributed by atoms with Gasteiger partial charge in [-0.25, -0.2) is 0 Å². The molecule has 0 aliphatic heterocycles. The van der Waals surface area contributed by atoms with Gasteiger partial charge in [0.15, 0.2) is 0 Å². The van der Waals surface area contributed by atoms with Gasteiger partial charge in [-0.3, -0.25) is 4.57 Å². The maximum Gasteiger partial charge on any atom is 0.124 e. The van der Waals surface area contributed by atoms with E-state index in [0.717, 1.165) is 8.79 Å². The fraction of sp³-hybridized carbons (Fsp3) is 0. The summed E-state index contributed by atoms with van der Waals surface area (Å²) in [6.07, 6.45) is 3.36. The molecule has 5 heteroatoms. The van der Waals surface area contributed by atoms with Gasteiger partial charge < -0.3 is 0 Å². The highest BCUT2D eigenvalue weighted by Gasteiger charge is 1.98. The number of aromatic nitrogens is 3. The molecule has 0 spiro atoms. The van der Waals surface area contributed by atoms with E-state index >= 15 is 0 Å². The van der Waals surface area contributed by atoms with E-state index in [1.54, 1.807) is 24.0 Å². The second kappa shape index (κ2) is 2.75. The zero-order valence-electron chi connectivity index (χ0n) is 5.44. The summed E-state index contributed by atoms with van der Waals surface area (Å²) >= 11 is 5.03. The van der Waals surface area contributed by atoms with Crippen molar-refractivity contribution in [2.75, 3.05) is 0 Å². The van der Waals surface area contributed by atoms with Crippen LogP contribution < -0.4 is 0 Å². The number of hydrogen-bond donors (Lipinski definition) is 0. The van der Waals surface area contributed by atoms with Crippen LogP contribution in [0.15, 0.2) is 28.6 Å². The molecule has 0 saturated heterocycles. The van der Waals surface area contributed by atoms with Crippen molar-refractivity contribution < 1.29 is 0 Å². The molecule has 0 unspecified atom stereocenters. The smallest absolute Gasteiger partial charge is 0.124 e. The molecule has 0 aliphatic carbocycles. The zero-order chi connectivity index (χ0) is 7.68. The Morgan fingerprint density at radius 2 is 2.00 bits per heavy atom. The van der Waals surface area contributed by atoms with Gasteiger partial charge in [-0.15, -0.1) is 21.5 Å². The second-order valence-corrected chi connectivity index (χ2v) is 4.39. The van der Waals surface area contributed by atoms with E-state index < -0.39 is 0 Å². The van der Waals surface area contributed by atoms with Crippen LogP contribution in [0.5, 0.6) is 0 Å². The Balaban J connectivity index is 2.45. The monoisotopic (exact) mass is 229 g/mol. The molecule has 0 aliphatic rings. The summed E-state index contributed by atoms with van der Waals surface area (Å²) in [5.41, 5.74) is 0. The maximum absolute atomic E-state index is 3.71. The summed E-state index contributed by atoms with van der Waals surface area (Å²) in [4.78, 5) is 0. The minimum atomic E-state index is 1.11. The molecular formula is C6H4BrN3S. The Kier molecular flexibility index (Phi) is 1.75. The number of rotatable bonds is 1. The van der Waals surface area contributed by atoms with Crippen molar-refractivity contribution in [2.45, 2.75) is 0 Å². The average Bonchev–Trinajstić information content (AvgIpc) is 2.55. The van der Waals surface area contributed by atoms with Gasteiger partial charge in [-0.05, 0) is 28.1 Å². The van der Waals surface area contributed by atoms with Crippen LogP contribution in [-0.4, -0.2) is 14.8 Å². The van der Waals surface area contributed by atoms with Gasteiger partial charge >= 0.3 is 0 Å². The molecule has 0 aromatic carbocycles. The first-order valence-electron chi connectivity index (χ1n) is 2.96. The lowest BCUT2D eigenvalue weighted by Gasteiger charge is -1.90. The van der Waals surface area contributed by atoms with Gasteiger partial charge in [0, 0.05) is 0 Å². The van der Waals surface area contributed by atoms with Crippen LogP contribution in [0.1, 0.15) is 0 Å². The van der Waals surface area contributed by atoms with Gasteiger partial charge in [0.1, 0.15) is 17.7 Å². The highest BCUT2D eigenvalue weighted by atomic mass is 79.9. The van der Waals surface area contributed by atoms with Crippen molar-refractivity contribution in [3.63, 3.8) is 0 Å². The lowest BCUT2D eigenvalue weighted by molar-refractivity contribution is 1.09. The third-order valence-corrected chi connectivity index (χ3v) is 2.87. The fourth-order valence-electron chi connectivity index (χ4n) is 0.758. The average molecular weight is 230 g/mol. The Hall–Kier alpha value is -0.680. The van der Waals surface area contributed by atoms with Crippen LogP contribution in [-0.2, 0) is 0 Å². The molecule has 2 heterocycles. The number of hydrogen-bond acceptors (Lipinski definition) is 3. The van der Waals surface area contributed by atoms with Crippen LogP contribution in [0.4, 0.5) is 0 Å².